The monoisotopic (exact) mass is 334 g/mol. The summed E-state index contributed by atoms with van der Waals surface area (Å²) in [5.74, 6) is -0.231. The third-order valence-electron chi connectivity index (χ3n) is 3.61. The molecule has 3 heteroatoms. The smallest absolute Gasteiger partial charge is 0.305 e. The summed E-state index contributed by atoms with van der Waals surface area (Å²) in [6, 6.07) is 0. The zero-order valence-corrected chi connectivity index (χ0v) is 15.3. The summed E-state index contributed by atoms with van der Waals surface area (Å²) < 4.78 is 4.55. The van der Waals surface area contributed by atoms with Gasteiger partial charge in [0.1, 0.15) is 0 Å². The lowest BCUT2D eigenvalue weighted by Crippen LogP contribution is -2.05. The minimum atomic E-state index is -0.518. The summed E-state index contributed by atoms with van der Waals surface area (Å²) in [5, 5.41) is 9.71. The molecule has 136 valence electrons. The minimum Gasteiger partial charge on any atom is -0.469 e. The molecule has 0 rings (SSSR count). The van der Waals surface area contributed by atoms with Gasteiger partial charge in [0, 0.05) is 6.42 Å². The second-order valence-electron chi connectivity index (χ2n) is 5.82. The van der Waals surface area contributed by atoms with Gasteiger partial charge in [-0.25, -0.2) is 0 Å². The first-order valence-electron chi connectivity index (χ1n) is 9.12. The van der Waals surface area contributed by atoms with E-state index in [9.17, 15) is 9.90 Å². The second-order valence-corrected chi connectivity index (χ2v) is 5.82. The van der Waals surface area contributed by atoms with E-state index in [1.165, 1.54) is 39.2 Å². The largest absolute Gasteiger partial charge is 0.469 e. The number of hydrogen-bond donors (Lipinski definition) is 1. The van der Waals surface area contributed by atoms with Gasteiger partial charge in [-0.1, -0.05) is 81.2 Å². The van der Waals surface area contributed by atoms with Crippen molar-refractivity contribution in [1.29, 1.82) is 0 Å². The standard InChI is InChI=1S/C21H34O3/c1-3-4-5-6-7-8-9-10-11-12-13-14-15-17-20(22)18-16-19-21(23)24-2/h9-15,17,20,22H,3-8,16,18-19H2,1-2H3/b10-9+,12-11+,14-13-,17-15+. The number of carbonyl (C=O) groups excluding carboxylic acids is 1. The van der Waals surface area contributed by atoms with E-state index in [-0.39, 0.29) is 5.97 Å². The summed E-state index contributed by atoms with van der Waals surface area (Å²) in [4.78, 5) is 10.9. The first kappa shape index (κ1) is 22.4. The van der Waals surface area contributed by atoms with E-state index in [0.717, 1.165) is 6.42 Å². The van der Waals surface area contributed by atoms with E-state index < -0.39 is 6.10 Å². The third kappa shape index (κ3) is 16.8. The lowest BCUT2D eigenvalue weighted by atomic mass is 10.1. The van der Waals surface area contributed by atoms with Gasteiger partial charge in [0.2, 0.25) is 0 Å². The predicted molar refractivity (Wildman–Crippen MR) is 102 cm³/mol. The van der Waals surface area contributed by atoms with Crippen LogP contribution in [-0.4, -0.2) is 24.3 Å². The molecule has 3 nitrogen and oxygen atoms in total. The van der Waals surface area contributed by atoms with Crippen LogP contribution >= 0.6 is 0 Å². The number of methoxy groups -OCH3 is 1. The average molecular weight is 335 g/mol. The van der Waals surface area contributed by atoms with Gasteiger partial charge in [0.05, 0.1) is 13.2 Å². The van der Waals surface area contributed by atoms with Gasteiger partial charge in [-0.15, -0.1) is 0 Å². The molecule has 0 aliphatic rings. The van der Waals surface area contributed by atoms with Crippen LogP contribution in [0.4, 0.5) is 0 Å². The Labute approximate surface area is 147 Å². The minimum absolute atomic E-state index is 0.231. The van der Waals surface area contributed by atoms with Crippen molar-refractivity contribution >= 4 is 5.97 Å². The Hall–Kier alpha value is -1.61. The highest BCUT2D eigenvalue weighted by atomic mass is 16.5. The fourth-order valence-electron chi connectivity index (χ4n) is 2.14. The van der Waals surface area contributed by atoms with Crippen molar-refractivity contribution in [3.8, 4) is 0 Å². The fraction of sp³-hybridized carbons (Fsp3) is 0.571. The number of aliphatic hydroxyl groups is 1. The molecule has 0 spiro atoms. The number of hydrogen-bond acceptors (Lipinski definition) is 3. The van der Waals surface area contributed by atoms with E-state index in [2.05, 4.69) is 23.8 Å². The van der Waals surface area contributed by atoms with Crippen molar-refractivity contribution < 1.29 is 14.6 Å². The van der Waals surface area contributed by atoms with Crippen LogP contribution in [0.25, 0.3) is 0 Å². The van der Waals surface area contributed by atoms with Crippen LogP contribution in [0.15, 0.2) is 48.6 Å². The number of esters is 1. The molecule has 0 aromatic rings. The van der Waals surface area contributed by atoms with Gasteiger partial charge in [-0.3, -0.25) is 4.79 Å². The highest BCUT2D eigenvalue weighted by molar-refractivity contribution is 5.68. The molecule has 0 bridgehead atoms. The van der Waals surface area contributed by atoms with Gasteiger partial charge in [-0.05, 0) is 25.7 Å². The quantitative estimate of drug-likeness (QED) is 0.267. The number of unbranched alkanes of at least 4 members (excludes halogenated alkanes) is 5. The molecule has 1 N–H and O–H groups in total. The summed E-state index contributed by atoms with van der Waals surface area (Å²) in [7, 11) is 1.37. The van der Waals surface area contributed by atoms with E-state index >= 15 is 0 Å². The van der Waals surface area contributed by atoms with Crippen molar-refractivity contribution in [3.63, 3.8) is 0 Å². The Morgan fingerprint density at radius 3 is 2.33 bits per heavy atom. The molecule has 0 aliphatic carbocycles. The van der Waals surface area contributed by atoms with E-state index in [0.29, 0.717) is 19.3 Å². The third-order valence-corrected chi connectivity index (χ3v) is 3.61. The maximum Gasteiger partial charge on any atom is 0.305 e. The predicted octanol–water partition coefficient (Wildman–Crippen LogP) is 5.28. The Balaban J connectivity index is 3.65. The van der Waals surface area contributed by atoms with Gasteiger partial charge in [-0.2, -0.15) is 0 Å². The van der Waals surface area contributed by atoms with Crippen LogP contribution < -0.4 is 0 Å². The molecule has 0 saturated heterocycles. The van der Waals surface area contributed by atoms with Crippen LogP contribution in [0.5, 0.6) is 0 Å². The average Bonchev–Trinajstić information content (AvgIpc) is 2.58. The van der Waals surface area contributed by atoms with Crippen molar-refractivity contribution in [2.24, 2.45) is 0 Å². The molecule has 1 unspecified atom stereocenters. The summed E-state index contributed by atoms with van der Waals surface area (Å²) >= 11 is 0. The molecule has 24 heavy (non-hydrogen) atoms. The molecule has 0 radical (unpaired) electrons. The summed E-state index contributed by atoms with van der Waals surface area (Å²) in [6.45, 7) is 2.24. The lowest BCUT2D eigenvalue weighted by Gasteiger charge is -2.03. The van der Waals surface area contributed by atoms with Crippen LogP contribution in [0.2, 0.25) is 0 Å². The SMILES string of the molecule is CCCCCCC/C=C/C=C/C=C\C=C\C(O)CCCC(=O)OC. The Kier molecular flexibility index (Phi) is 16.5. The summed E-state index contributed by atoms with van der Waals surface area (Å²) in [6.07, 6.45) is 24.4. The Morgan fingerprint density at radius 2 is 1.62 bits per heavy atom. The Bertz CT molecular complexity index is 405. The van der Waals surface area contributed by atoms with E-state index in [1.807, 2.05) is 30.4 Å². The molecule has 1 atom stereocenters. The van der Waals surface area contributed by atoms with Gasteiger partial charge < -0.3 is 9.84 Å². The highest BCUT2D eigenvalue weighted by Crippen LogP contribution is 2.05. The molecule has 0 fully saturated rings. The number of aliphatic hydroxyl groups excluding tert-OH is 1. The van der Waals surface area contributed by atoms with Crippen LogP contribution in [0.1, 0.15) is 64.7 Å². The first-order valence-corrected chi connectivity index (χ1v) is 9.12. The first-order chi connectivity index (χ1) is 11.7. The molecule has 0 amide bonds. The van der Waals surface area contributed by atoms with Crippen LogP contribution in [-0.2, 0) is 9.53 Å². The fourth-order valence-corrected chi connectivity index (χ4v) is 2.14. The number of rotatable bonds is 14. The maximum atomic E-state index is 10.9. The maximum absolute atomic E-state index is 10.9. The topological polar surface area (TPSA) is 46.5 Å². The van der Waals surface area contributed by atoms with Gasteiger partial charge in [0.25, 0.3) is 0 Å². The van der Waals surface area contributed by atoms with Crippen molar-refractivity contribution in [2.75, 3.05) is 7.11 Å². The van der Waals surface area contributed by atoms with Crippen molar-refractivity contribution in [2.45, 2.75) is 70.8 Å². The molecular weight excluding hydrogens is 300 g/mol. The van der Waals surface area contributed by atoms with E-state index in [1.54, 1.807) is 6.08 Å². The van der Waals surface area contributed by atoms with Crippen molar-refractivity contribution in [1.82, 2.24) is 0 Å². The molecule has 0 aliphatic heterocycles. The highest BCUT2D eigenvalue weighted by Gasteiger charge is 2.02. The van der Waals surface area contributed by atoms with Crippen LogP contribution in [0, 0.1) is 0 Å². The Morgan fingerprint density at radius 1 is 0.958 bits per heavy atom. The van der Waals surface area contributed by atoms with Gasteiger partial charge in [0.15, 0.2) is 0 Å². The van der Waals surface area contributed by atoms with Crippen molar-refractivity contribution in [3.05, 3.63) is 48.6 Å². The molecule has 0 aromatic carbocycles. The number of allylic oxidation sites excluding steroid dienone is 7. The van der Waals surface area contributed by atoms with Gasteiger partial charge >= 0.3 is 5.97 Å². The van der Waals surface area contributed by atoms with E-state index in [4.69, 9.17) is 0 Å². The zero-order valence-electron chi connectivity index (χ0n) is 15.3. The lowest BCUT2D eigenvalue weighted by molar-refractivity contribution is -0.140. The molecule has 0 aromatic heterocycles. The molecule has 0 saturated carbocycles. The normalized spacial score (nSPS) is 13.6. The molecule has 0 heterocycles. The van der Waals surface area contributed by atoms with Crippen LogP contribution in [0.3, 0.4) is 0 Å². The zero-order chi connectivity index (χ0) is 17.9. The number of carbonyl (C=O) groups is 1. The summed E-state index contributed by atoms with van der Waals surface area (Å²) in [5.41, 5.74) is 0. The number of ether oxygens (including phenoxy) is 1. The second kappa shape index (κ2) is 17.7. The molecular formula is C21H34O3.